The number of benzene rings is 1. The SMILES string of the molecule is Cc1cc(C(F)(F)F)cc(O)c1-c1ccc2cn([C@H]3CCc4nnc(C(C)C)n4C3)nc2n1. The number of pyridine rings is 1. The van der Waals surface area contributed by atoms with E-state index in [0.717, 1.165) is 48.6 Å². The van der Waals surface area contributed by atoms with Crippen molar-refractivity contribution in [2.24, 2.45) is 0 Å². The highest BCUT2D eigenvalue weighted by Gasteiger charge is 2.32. The van der Waals surface area contributed by atoms with Crippen LogP contribution in [0.5, 0.6) is 5.75 Å². The van der Waals surface area contributed by atoms with Gasteiger partial charge in [-0.15, -0.1) is 10.2 Å². The Morgan fingerprint density at radius 2 is 1.94 bits per heavy atom. The van der Waals surface area contributed by atoms with Crippen molar-refractivity contribution in [1.29, 1.82) is 0 Å². The first-order valence-electron chi connectivity index (χ1n) is 10.8. The lowest BCUT2D eigenvalue weighted by Crippen LogP contribution is -2.25. The molecule has 1 atom stereocenters. The van der Waals surface area contributed by atoms with Crippen LogP contribution in [0.3, 0.4) is 0 Å². The molecule has 0 saturated heterocycles. The lowest BCUT2D eigenvalue weighted by Gasteiger charge is -2.25. The number of phenolic OH excluding ortho intramolecular Hbond substituents is 1. The van der Waals surface area contributed by atoms with Gasteiger partial charge in [-0.05, 0) is 43.2 Å². The maximum absolute atomic E-state index is 13.1. The average Bonchev–Trinajstić information content (AvgIpc) is 3.35. The van der Waals surface area contributed by atoms with Crippen molar-refractivity contribution < 1.29 is 18.3 Å². The van der Waals surface area contributed by atoms with Crippen molar-refractivity contribution in [3.63, 3.8) is 0 Å². The molecular formula is C23H23F3N6O. The zero-order valence-corrected chi connectivity index (χ0v) is 18.4. The summed E-state index contributed by atoms with van der Waals surface area (Å²) < 4.78 is 43.2. The van der Waals surface area contributed by atoms with E-state index >= 15 is 0 Å². The van der Waals surface area contributed by atoms with Gasteiger partial charge in [0, 0.05) is 36.0 Å². The number of phenols is 1. The fourth-order valence-corrected chi connectivity index (χ4v) is 4.49. The molecule has 1 aliphatic heterocycles. The van der Waals surface area contributed by atoms with Gasteiger partial charge in [0.2, 0.25) is 0 Å². The summed E-state index contributed by atoms with van der Waals surface area (Å²) in [6.07, 6.45) is -0.925. The summed E-state index contributed by atoms with van der Waals surface area (Å²) in [6.45, 7) is 6.43. The molecule has 1 N–H and O–H groups in total. The van der Waals surface area contributed by atoms with E-state index in [4.69, 9.17) is 0 Å². The maximum Gasteiger partial charge on any atom is 0.416 e. The van der Waals surface area contributed by atoms with Crippen LogP contribution in [0.1, 0.15) is 55.0 Å². The van der Waals surface area contributed by atoms with E-state index in [0.29, 0.717) is 16.9 Å². The molecule has 4 aromatic rings. The number of aryl methyl sites for hydroxylation is 2. The monoisotopic (exact) mass is 456 g/mol. The molecule has 0 bridgehead atoms. The average molecular weight is 456 g/mol. The van der Waals surface area contributed by atoms with Crippen LogP contribution in [-0.2, 0) is 19.1 Å². The predicted molar refractivity (Wildman–Crippen MR) is 116 cm³/mol. The molecule has 0 aliphatic carbocycles. The minimum atomic E-state index is -4.53. The highest BCUT2D eigenvalue weighted by molar-refractivity contribution is 5.80. The molecule has 0 saturated carbocycles. The molecule has 1 aromatic carbocycles. The Morgan fingerprint density at radius 3 is 2.64 bits per heavy atom. The summed E-state index contributed by atoms with van der Waals surface area (Å²) >= 11 is 0. The van der Waals surface area contributed by atoms with Gasteiger partial charge in [-0.1, -0.05) is 13.8 Å². The second kappa shape index (κ2) is 7.57. The van der Waals surface area contributed by atoms with Crippen LogP contribution in [0.4, 0.5) is 13.2 Å². The van der Waals surface area contributed by atoms with Crippen molar-refractivity contribution in [3.8, 4) is 17.0 Å². The smallest absolute Gasteiger partial charge is 0.416 e. The lowest BCUT2D eigenvalue weighted by atomic mass is 10.00. The van der Waals surface area contributed by atoms with Crippen LogP contribution in [0, 0.1) is 6.92 Å². The molecule has 0 spiro atoms. The summed E-state index contributed by atoms with van der Waals surface area (Å²) in [7, 11) is 0. The quantitative estimate of drug-likeness (QED) is 0.467. The van der Waals surface area contributed by atoms with Crippen LogP contribution in [0.15, 0.2) is 30.5 Å². The second-order valence-electron chi connectivity index (χ2n) is 8.84. The molecule has 0 amide bonds. The first kappa shape index (κ1) is 21.4. The molecule has 4 heterocycles. The zero-order valence-electron chi connectivity index (χ0n) is 18.4. The minimum absolute atomic E-state index is 0.116. The van der Waals surface area contributed by atoms with E-state index in [1.54, 1.807) is 6.07 Å². The Morgan fingerprint density at radius 1 is 1.15 bits per heavy atom. The largest absolute Gasteiger partial charge is 0.507 e. The van der Waals surface area contributed by atoms with Crippen molar-refractivity contribution in [2.75, 3.05) is 0 Å². The van der Waals surface area contributed by atoms with Gasteiger partial charge in [0.1, 0.15) is 17.4 Å². The fourth-order valence-electron chi connectivity index (χ4n) is 4.49. The van der Waals surface area contributed by atoms with Crippen molar-refractivity contribution in [3.05, 3.63) is 53.2 Å². The normalized spacial score (nSPS) is 16.5. The number of hydrogen-bond donors (Lipinski definition) is 1. The number of fused-ring (bicyclic) bond motifs is 2. The number of hydrogen-bond acceptors (Lipinski definition) is 5. The number of aromatic hydroxyl groups is 1. The zero-order chi connectivity index (χ0) is 23.5. The summed E-state index contributed by atoms with van der Waals surface area (Å²) in [5.74, 6) is 1.76. The molecule has 0 fully saturated rings. The molecule has 10 heteroatoms. The number of nitrogens with zero attached hydrogens (tertiary/aromatic N) is 6. The summed E-state index contributed by atoms with van der Waals surface area (Å²) in [6, 6.07) is 5.39. The van der Waals surface area contributed by atoms with Gasteiger partial charge in [-0.2, -0.15) is 18.3 Å². The molecule has 172 valence electrons. The molecule has 3 aromatic heterocycles. The fraction of sp³-hybridized carbons (Fsp3) is 0.391. The molecule has 0 unspecified atom stereocenters. The second-order valence-corrected chi connectivity index (χ2v) is 8.84. The maximum atomic E-state index is 13.1. The Hall–Kier alpha value is -3.43. The Labute approximate surface area is 187 Å². The van der Waals surface area contributed by atoms with E-state index in [-0.39, 0.29) is 17.5 Å². The van der Waals surface area contributed by atoms with E-state index < -0.39 is 17.5 Å². The molecular weight excluding hydrogens is 433 g/mol. The first-order chi connectivity index (χ1) is 15.6. The molecule has 5 rings (SSSR count). The third-order valence-electron chi connectivity index (χ3n) is 6.13. The van der Waals surface area contributed by atoms with E-state index in [1.807, 2.05) is 16.9 Å². The van der Waals surface area contributed by atoms with Crippen LogP contribution in [-0.4, -0.2) is 34.6 Å². The third-order valence-corrected chi connectivity index (χ3v) is 6.13. The van der Waals surface area contributed by atoms with Crippen molar-refractivity contribution in [1.82, 2.24) is 29.5 Å². The molecule has 7 nitrogen and oxygen atoms in total. The number of aromatic nitrogens is 6. The highest BCUT2D eigenvalue weighted by atomic mass is 19.4. The summed E-state index contributed by atoms with van der Waals surface area (Å²) in [5, 5.41) is 24.5. The van der Waals surface area contributed by atoms with Gasteiger partial charge >= 0.3 is 6.18 Å². The third kappa shape index (κ3) is 3.73. The molecule has 33 heavy (non-hydrogen) atoms. The van der Waals surface area contributed by atoms with Gasteiger partial charge in [0.15, 0.2) is 5.65 Å². The van der Waals surface area contributed by atoms with Crippen molar-refractivity contribution >= 4 is 11.0 Å². The summed E-state index contributed by atoms with van der Waals surface area (Å²) in [5.41, 5.74) is 0.529. The van der Waals surface area contributed by atoms with Crippen LogP contribution in [0.2, 0.25) is 0 Å². The summed E-state index contributed by atoms with van der Waals surface area (Å²) in [4.78, 5) is 4.55. The van der Waals surface area contributed by atoms with E-state index in [9.17, 15) is 18.3 Å². The van der Waals surface area contributed by atoms with E-state index in [2.05, 4.69) is 38.7 Å². The van der Waals surface area contributed by atoms with Gasteiger partial charge in [0.25, 0.3) is 0 Å². The van der Waals surface area contributed by atoms with E-state index in [1.165, 1.54) is 6.92 Å². The first-order valence-corrected chi connectivity index (χ1v) is 10.8. The number of halogens is 3. The number of alkyl halides is 3. The van der Waals surface area contributed by atoms with Crippen molar-refractivity contribution in [2.45, 2.75) is 58.3 Å². The highest BCUT2D eigenvalue weighted by Crippen LogP contribution is 2.39. The van der Waals surface area contributed by atoms with Crippen LogP contribution in [0.25, 0.3) is 22.3 Å². The topological polar surface area (TPSA) is 81.6 Å². The Kier molecular flexibility index (Phi) is 4.91. The Balaban J connectivity index is 1.49. The van der Waals surface area contributed by atoms with Crippen LogP contribution < -0.4 is 0 Å². The molecule has 1 aliphatic rings. The van der Waals surface area contributed by atoms with Crippen LogP contribution >= 0.6 is 0 Å². The van der Waals surface area contributed by atoms with Gasteiger partial charge in [-0.25, -0.2) is 4.98 Å². The standard InChI is InChI=1S/C23H23F3N6O/c1-12(2)22-29-28-19-7-5-16(11-31(19)22)32-10-14-4-6-17(27-21(14)30-32)20-13(3)8-15(9-18(20)33)23(24,25)26/h4,6,8-10,12,16,33H,5,7,11H2,1-3H3/t16-/m0/s1. The predicted octanol–water partition coefficient (Wildman–Crippen LogP) is 5.03. The van der Waals surface area contributed by atoms with Gasteiger partial charge < -0.3 is 9.67 Å². The Bertz CT molecular complexity index is 1330. The minimum Gasteiger partial charge on any atom is -0.507 e. The molecule has 0 radical (unpaired) electrons. The van der Waals surface area contributed by atoms with Gasteiger partial charge in [-0.3, -0.25) is 4.68 Å². The van der Waals surface area contributed by atoms with Gasteiger partial charge in [0.05, 0.1) is 17.3 Å². The lowest BCUT2D eigenvalue weighted by molar-refractivity contribution is -0.137. The number of rotatable bonds is 3.